The summed E-state index contributed by atoms with van der Waals surface area (Å²) in [5.41, 5.74) is 17.4. The number of alkyl halides is 3. The van der Waals surface area contributed by atoms with Gasteiger partial charge >= 0.3 is 455 Å². The SMILES string of the molecule is Cl.Cl.[CH3][Zr](=[SiH2])([CH2]CC(F)(F)F)([CH]1C(CC2CCCCCC2)=Cc2c(-c3ccc(C45CC6CC(CC(C6)C4)C5)cc3)cccc21)[CH]1C(CC2CCCCCC2)=Cc2c(-c3ccc(C45CC6CC(CC(C6)C4)C5)cc3)cccc21. The van der Waals surface area contributed by atoms with Gasteiger partial charge in [0, 0.05) is 0 Å². The maximum atomic E-state index is 15.5. The van der Waals surface area contributed by atoms with Crippen LogP contribution in [-0.4, -0.2) is 13.1 Å². The summed E-state index contributed by atoms with van der Waals surface area (Å²) in [4.78, 5) is 0. The third-order valence-corrected chi connectivity index (χ3v) is 46.7. The van der Waals surface area contributed by atoms with Crippen molar-refractivity contribution in [2.45, 2.75) is 206 Å². The average Bonchev–Trinajstić information content (AvgIpc) is 3.86. The summed E-state index contributed by atoms with van der Waals surface area (Å²) in [5.74, 6) is 6.63. The topological polar surface area (TPSA) is 0 Å². The van der Waals surface area contributed by atoms with Gasteiger partial charge in [0.1, 0.15) is 0 Å². The van der Waals surface area contributed by atoms with Crippen LogP contribution in [-0.2, 0) is 28.2 Å². The van der Waals surface area contributed by atoms with E-state index in [0.717, 1.165) is 48.3 Å². The molecule has 12 aliphatic carbocycles. The van der Waals surface area contributed by atoms with Crippen molar-refractivity contribution in [1.82, 2.24) is 0 Å². The Labute approximate surface area is 476 Å². The van der Waals surface area contributed by atoms with E-state index in [1.165, 1.54) is 210 Å². The number of allylic oxidation sites excluding steroid dienone is 2. The third kappa shape index (κ3) is 10.1. The van der Waals surface area contributed by atoms with E-state index in [9.17, 15) is 0 Å². The fourth-order valence-electron chi connectivity index (χ4n) is 21.5. The summed E-state index contributed by atoms with van der Waals surface area (Å²) >= 11 is -4.93. The number of halogens is 5. The fraction of sp³-hybridized carbons (Fsp3) is 0.600. The van der Waals surface area contributed by atoms with E-state index in [0.29, 0.717) is 26.8 Å². The van der Waals surface area contributed by atoms with Crippen LogP contribution in [0.3, 0.4) is 0 Å². The molecule has 10 fully saturated rings. The average molecular weight is 1180 g/mol. The van der Waals surface area contributed by atoms with Crippen LogP contribution in [0, 0.1) is 47.3 Å². The molecule has 4 aromatic carbocycles. The van der Waals surface area contributed by atoms with Crippen molar-refractivity contribution in [3.63, 3.8) is 0 Å². The van der Waals surface area contributed by atoms with Crippen molar-refractivity contribution < 1.29 is 30.6 Å². The van der Waals surface area contributed by atoms with Gasteiger partial charge in [0.05, 0.1) is 0 Å². The summed E-state index contributed by atoms with van der Waals surface area (Å²) in [5, 5.41) is 0. The van der Waals surface area contributed by atoms with Crippen LogP contribution in [0.2, 0.25) is 8.76 Å². The number of rotatable bonds is 12. The molecule has 0 heterocycles. The van der Waals surface area contributed by atoms with Crippen LogP contribution < -0.4 is 0 Å². The van der Waals surface area contributed by atoms with Crippen LogP contribution in [0.5, 0.6) is 0 Å². The monoisotopic (exact) mass is 1170 g/mol. The third-order valence-electron chi connectivity index (χ3n) is 23.8. The predicted octanol–water partition coefficient (Wildman–Crippen LogP) is 20.8. The van der Waals surface area contributed by atoms with Crippen LogP contribution in [0.25, 0.3) is 34.4 Å². The molecule has 0 saturated heterocycles. The van der Waals surface area contributed by atoms with E-state index < -0.39 is 30.0 Å². The Bertz CT molecular complexity index is 2690. The van der Waals surface area contributed by atoms with Crippen molar-refractivity contribution in [3.8, 4) is 22.3 Å². The number of fused-ring (bicyclic) bond motifs is 2. The first-order valence-corrected chi connectivity index (χ1v) is 44.2. The van der Waals surface area contributed by atoms with Gasteiger partial charge in [0.15, 0.2) is 0 Å². The zero-order valence-corrected chi connectivity index (χ0v) is 52.0. The molecule has 8 bridgehead atoms. The first kappa shape index (κ1) is 55.4. The molecule has 2 unspecified atom stereocenters. The molecule has 0 nitrogen and oxygen atoms in total. The normalized spacial score (nSPS) is 32.6. The molecular formula is C70H89Cl2F3SiZr. The molecule has 0 radical (unpaired) electrons. The van der Waals surface area contributed by atoms with Crippen molar-refractivity contribution in [3.05, 3.63) is 129 Å². The fourth-order valence-corrected chi connectivity index (χ4v) is 45.2. The Morgan fingerprint density at radius 2 is 0.818 bits per heavy atom. The number of benzene rings is 4. The molecule has 0 N–H and O–H groups in total. The van der Waals surface area contributed by atoms with Crippen LogP contribution in [0.4, 0.5) is 13.2 Å². The Kier molecular flexibility index (Phi) is 15.3. The molecule has 412 valence electrons. The molecule has 0 spiro atoms. The zero-order valence-electron chi connectivity index (χ0n) is 46.5. The predicted molar refractivity (Wildman–Crippen MR) is 321 cm³/mol. The van der Waals surface area contributed by atoms with Gasteiger partial charge in [-0.25, -0.2) is 0 Å². The summed E-state index contributed by atoms with van der Waals surface area (Å²) in [6, 6.07) is 34.0. The van der Waals surface area contributed by atoms with Gasteiger partial charge in [-0.2, -0.15) is 0 Å². The van der Waals surface area contributed by atoms with Gasteiger partial charge in [-0.3, -0.25) is 0 Å². The van der Waals surface area contributed by atoms with E-state index >= 15 is 13.2 Å². The minimum absolute atomic E-state index is 0. The van der Waals surface area contributed by atoms with Gasteiger partial charge < -0.3 is 0 Å². The molecule has 0 aliphatic heterocycles. The summed E-state index contributed by atoms with van der Waals surface area (Å²) in [7, 11) is 0. The molecule has 16 rings (SSSR count). The van der Waals surface area contributed by atoms with Crippen LogP contribution >= 0.6 is 24.8 Å². The Hall–Kier alpha value is -2.17. The van der Waals surface area contributed by atoms with Crippen molar-refractivity contribution in [2.24, 2.45) is 47.3 Å². The molecular weight excluding hydrogens is 1090 g/mol. The van der Waals surface area contributed by atoms with Crippen LogP contribution in [0.15, 0.2) is 96.1 Å². The van der Waals surface area contributed by atoms with Gasteiger partial charge in [0.2, 0.25) is 0 Å². The molecule has 0 amide bonds. The second-order valence-corrected chi connectivity index (χ2v) is 57.6. The Morgan fingerprint density at radius 1 is 0.481 bits per heavy atom. The molecule has 4 aromatic rings. The van der Waals surface area contributed by atoms with E-state index in [4.69, 9.17) is 0 Å². The van der Waals surface area contributed by atoms with Gasteiger partial charge in [-0.15, -0.1) is 24.8 Å². The summed E-state index contributed by atoms with van der Waals surface area (Å²) in [6.07, 6.45) is 34.6. The second kappa shape index (κ2) is 21.2. The molecule has 77 heavy (non-hydrogen) atoms. The number of hydrogen-bond acceptors (Lipinski definition) is 0. The first-order chi connectivity index (χ1) is 36.3. The molecule has 0 aromatic heterocycles. The van der Waals surface area contributed by atoms with Crippen molar-refractivity contribution >= 4 is 43.8 Å². The van der Waals surface area contributed by atoms with E-state index in [1.54, 1.807) is 11.1 Å². The molecule has 10 saturated carbocycles. The Morgan fingerprint density at radius 3 is 1.14 bits per heavy atom. The summed E-state index contributed by atoms with van der Waals surface area (Å²) < 4.78 is 49.4. The molecule has 2 atom stereocenters. The summed E-state index contributed by atoms with van der Waals surface area (Å²) in [6.45, 7) is 2.23. The van der Waals surface area contributed by atoms with Crippen LogP contribution in [0.1, 0.15) is 214 Å². The Balaban J connectivity index is 0.00000298. The van der Waals surface area contributed by atoms with E-state index in [2.05, 4.69) is 109 Å². The first-order valence-electron chi connectivity index (χ1n) is 31.3. The molecule has 7 heteroatoms. The maximum absolute atomic E-state index is 15.5. The number of hydrogen-bond donors (Lipinski definition) is 0. The quantitative estimate of drug-likeness (QED) is 0.0980. The van der Waals surface area contributed by atoms with Crippen molar-refractivity contribution in [1.29, 1.82) is 0 Å². The van der Waals surface area contributed by atoms with Crippen molar-refractivity contribution in [2.75, 3.05) is 0 Å². The van der Waals surface area contributed by atoms with Gasteiger partial charge in [0.25, 0.3) is 0 Å². The minimum atomic E-state index is -4.93. The zero-order chi connectivity index (χ0) is 50.8. The molecule has 12 aliphatic rings. The van der Waals surface area contributed by atoms with Gasteiger partial charge in [-0.05, 0) is 0 Å². The van der Waals surface area contributed by atoms with Gasteiger partial charge in [-0.1, -0.05) is 0 Å². The van der Waals surface area contributed by atoms with E-state index in [1.807, 2.05) is 0 Å². The van der Waals surface area contributed by atoms with E-state index in [-0.39, 0.29) is 32.1 Å². The second-order valence-electron chi connectivity index (χ2n) is 29.2. The standard InChI is InChI=1S/2C33H39.C3H4F3.CH3.2ClH.H2Si.Zr/c2*1-2-4-7-23(6-3-1)14-24-18-29-8-5-9-31(32(29)19-24)28-10-12-30(13-11-28)33-20-25-15-26(21-33)17-27(16-25)22-33;1-2-3(4,5)6;;;;;/h2*5,8-13,18-19,23,25-27H,1-4,6-7,14-17,20-22H2;1-2H2;1H3;2*1H;1H2;.